The Labute approximate surface area is 193 Å². The molecule has 0 spiro atoms. The number of thiazole rings is 1. The molecule has 1 aromatic heterocycles. The zero-order chi connectivity index (χ0) is 23.3. The molecule has 0 aliphatic heterocycles. The molecule has 0 radical (unpaired) electrons. The van der Waals surface area contributed by atoms with Crippen molar-refractivity contribution in [1.29, 1.82) is 0 Å². The third-order valence-corrected chi connectivity index (χ3v) is 6.93. The molecule has 3 rings (SSSR count). The highest BCUT2D eigenvalue weighted by molar-refractivity contribution is 7.18. The first-order valence-corrected chi connectivity index (χ1v) is 11.6. The van der Waals surface area contributed by atoms with Gasteiger partial charge in [-0.25, -0.2) is 9.98 Å². The molecule has 0 aliphatic carbocycles. The fourth-order valence-electron chi connectivity index (χ4n) is 3.69. The molecule has 0 saturated heterocycles. The molecule has 2 unspecified atom stereocenters. The van der Waals surface area contributed by atoms with Gasteiger partial charge < -0.3 is 26.6 Å². The first kappa shape index (κ1) is 24.0. The number of hydrogen-bond acceptors (Lipinski definition) is 6. The first-order valence-electron chi connectivity index (χ1n) is 10.8. The van der Waals surface area contributed by atoms with Crippen molar-refractivity contribution in [1.82, 2.24) is 10.3 Å². The van der Waals surface area contributed by atoms with Gasteiger partial charge in [0.05, 0.1) is 23.9 Å². The lowest BCUT2D eigenvalue weighted by molar-refractivity contribution is 0.141. The van der Waals surface area contributed by atoms with Crippen molar-refractivity contribution >= 4 is 27.5 Å². The summed E-state index contributed by atoms with van der Waals surface area (Å²) in [7, 11) is 1.69. The van der Waals surface area contributed by atoms with Gasteiger partial charge in [0, 0.05) is 12.6 Å². The predicted molar refractivity (Wildman–Crippen MR) is 132 cm³/mol. The second-order valence-corrected chi connectivity index (χ2v) is 9.09. The van der Waals surface area contributed by atoms with Gasteiger partial charge in [-0.1, -0.05) is 12.1 Å². The number of nitrogens with zero attached hydrogens (tertiary/aromatic N) is 2. The number of benzene rings is 2. The van der Waals surface area contributed by atoms with Gasteiger partial charge in [-0.2, -0.15) is 0 Å². The van der Waals surface area contributed by atoms with Crippen LogP contribution in [-0.4, -0.2) is 35.7 Å². The minimum atomic E-state index is -0.775. The molecule has 0 bridgehead atoms. The molecule has 0 fully saturated rings. The Morgan fingerprint density at radius 1 is 1.25 bits per heavy atom. The van der Waals surface area contributed by atoms with Gasteiger partial charge in [-0.05, 0) is 74.1 Å². The molecular weight excluding hydrogens is 422 g/mol. The Balaban J connectivity index is 1.48. The maximum Gasteiger partial charge on any atom is 0.188 e. The number of nitrogens with two attached hydrogens (primary N) is 2. The van der Waals surface area contributed by atoms with E-state index in [0.29, 0.717) is 30.5 Å². The summed E-state index contributed by atoms with van der Waals surface area (Å²) in [5.41, 5.74) is 17.7. The lowest BCUT2D eigenvalue weighted by Gasteiger charge is -2.17. The number of guanidine groups is 1. The van der Waals surface area contributed by atoms with Crippen molar-refractivity contribution in [2.75, 3.05) is 13.7 Å². The number of para-hydroxylation sites is 1. The van der Waals surface area contributed by atoms with Crippen LogP contribution in [0.5, 0.6) is 5.75 Å². The molecule has 8 heteroatoms. The molecule has 0 amide bonds. The van der Waals surface area contributed by atoms with E-state index >= 15 is 0 Å². The molecule has 7 nitrogen and oxygen atoms in total. The minimum Gasteiger partial charge on any atom is -0.496 e. The number of aliphatic hydroxyl groups is 1. The van der Waals surface area contributed by atoms with Crippen LogP contribution in [0.2, 0.25) is 0 Å². The van der Waals surface area contributed by atoms with E-state index in [1.165, 1.54) is 16.9 Å². The highest BCUT2D eigenvalue weighted by atomic mass is 32.1. The molecule has 0 saturated carbocycles. The van der Waals surface area contributed by atoms with Crippen molar-refractivity contribution in [2.45, 2.75) is 52.3 Å². The molecule has 2 aromatic carbocycles. The van der Waals surface area contributed by atoms with Crippen LogP contribution in [0, 0.1) is 20.8 Å². The maximum absolute atomic E-state index is 10.6. The number of aliphatic hydroxyl groups excluding tert-OH is 1. The quantitative estimate of drug-likeness (QED) is 0.223. The molecule has 0 aliphatic rings. The predicted octanol–water partition coefficient (Wildman–Crippen LogP) is 3.48. The fraction of sp³-hybridized carbons (Fsp3) is 0.417. The summed E-state index contributed by atoms with van der Waals surface area (Å²) in [5.74, 6) is 1.29. The summed E-state index contributed by atoms with van der Waals surface area (Å²) in [5, 5.41) is 14.4. The SMILES string of the molecule is COc1cc(C)c(CN=C(N)NCCCC(N)C(O)c2nc3ccccc3s2)c(C)c1C. The maximum atomic E-state index is 10.6. The van der Waals surface area contributed by atoms with E-state index in [9.17, 15) is 5.11 Å². The lowest BCUT2D eigenvalue weighted by atomic mass is 9.97. The van der Waals surface area contributed by atoms with Crippen LogP contribution in [0.25, 0.3) is 10.2 Å². The van der Waals surface area contributed by atoms with Crippen molar-refractivity contribution in [2.24, 2.45) is 16.5 Å². The number of fused-ring (bicyclic) bond motifs is 1. The van der Waals surface area contributed by atoms with Crippen molar-refractivity contribution in [3.8, 4) is 5.75 Å². The summed E-state index contributed by atoms with van der Waals surface area (Å²) < 4.78 is 6.48. The normalized spacial score (nSPS) is 13.9. The molecular formula is C24H33N5O2S. The van der Waals surface area contributed by atoms with Crippen LogP contribution in [0.4, 0.5) is 0 Å². The number of methoxy groups -OCH3 is 1. The molecule has 172 valence electrons. The van der Waals surface area contributed by atoms with E-state index in [1.54, 1.807) is 7.11 Å². The molecule has 3 aromatic rings. The van der Waals surface area contributed by atoms with Gasteiger partial charge in [-0.3, -0.25) is 0 Å². The standard InChI is InChI=1S/C24H33N5O2S/c1-14-12-20(31-4)16(3)15(2)17(14)13-28-24(26)27-11-7-8-18(25)22(30)23-29-19-9-5-6-10-21(19)32-23/h5-6,9-10,12,18,22,30H,7-8,11,13,25H2,1-4H3,(H3,26,27,28). The number of aromatic nitrogens is 1. The Morgan fingerprint density at radius 3 is 2.72 bits per heavy atom. The second kappa shape index (κ2) is 10.8. The minimum absolute atomic E-state index is 0.386. The van der Waals surface area contributed by atoms with E-state index in [-0.39, 0.29) is 6.04 Å². The smallest absolute Gasteiger partial charge is 0.188 e. The number of aliphatic imine (C=N–C) groups is 1. The van der Waals surface area contributed by atoms with E-state index in [2.05, 4.69) is 36.1 Å². The van der Waals surface area contributed by atoms with Crippen LogP contribution < -0.4 is 21.5 Å². The van der Waals surface area contributed by atoms with Crippen molar-refractivity contribution in [3.63, 3.8) is 0 Å². The first-order chi connectivity index (χ1) is 15.3. The molecule has 1 heterocycles. The summed E-state index contributed by atoms with van der Waals surface area (Å²) in [6.45, 7) is 7.33. The Morgan fingerprint density at radius 2 is 2.00 bits per heavy atom. The van der Waals surface area contributed by atoms with Gasteiger partial charge in [0.1, 0.15) is 16.9 Å². The molecule has 6 N–H and O–H groups in total. The number of ether oxygens (including phenoxy) is 1. The number of nitrogens with one attached hydrogen (secondary N) is 1. The van der Waals surface area contributed by atoms with Crippen LogP contribution in [-0.2, 0) is 6.54 Å². The summed E-state index contributed by atoms with van der Waals surface area (Å²) >= 11 is 1.48. The third kappa shape index (κ3) is 5.56. The van der Waals surface area contributed by atoms with E-state index < -0.39 is 6.10 Å². The average molecular weight is 456 g/mol. The van der Waals surface area contributed by atoms with Gasteiger partial charge >= 0.3 is 0 Å². The molecule has 2 atom stereocenters. The fourth-order valence-corrected chi connectivity index (χ4v) is 4.72. The topological polar surface area (TPSA) is 119 Å². The Bertz CT molecular complexity index is 1060. The number of aryl methyl sites for hydroxylation is 1. The molecule has 32 heavy (non-hydrogen) atoms. The zero-order valence-electron chi connectivity index (χ0n) is 19.2. The monoisotopic (exact) mass is 455 g/mol. The Kier molecular flexibility index (Phi) is 8.06. The lowest BCUT2D eigenvalue weighted by Crippen LogP contribution is -2.34. The summed E-state index contributed by atoms with van der Waals surface area (Å²) in [4.78, 5) is 8.99. The van der Waals surface area contributed by atoms with Gasteiger partial charge in [0.15, 0.2) is 5.96 Å². The van der Waals surface area contributed by atoms with E-state index in [1.807, 2.05) is 30.3 Å². The largest absolute Gasteiger partial charge is 0.496 e. The van der Waals surface area contributed by atoms with Crippen LogP contribution in [0.3, 0.4) is 0 Å². The van der Waals surface area contributed by atoms with E-state index in [4.69, 9.17) is 16.2 Å². The van der Waals surface area contributed by atoms with Crippen molar-refractivity contribution in [3.05, 3.63) is 57.6 Å². The van der Waals surface area contributed by atoms with Crippen LogP contribution >= 0.6 is 11.3 Å². The number of hydrogen-bond donors (Lipinski definition) is 4. The highest BCUT2D eigenvalue weighted by Gasteiger charge is 2.20. The summed E-state index contributed by atoms with van der Waals surface area (Å²) in [6.07, 6.45) is 0.634. The van der Waals surface area contributed by atoms with Crippen LogP contribution in [0.15, 0.2) is 35.3 Å². The van der Waals surface area contributed by atoms with Crippen LogP contribution in [0.1, 0.15) is 46.2 Å². The van der Waals surface area contributed by atoms with Gasteiger partial charge in [0.25, 0.3) is 0 Å². The second-order valence-electron chi connectivity index (χ2n) is 8.02. The third-order valence-electron chi connectivity index (χ3n) is 5.83. The van der Waals surface area contributed by atoms with Gasteiger partial charge in [0.2, 0.25) is 0 Å². The summed E-state index contributed by atoms with van der Waals surface area (Å²) in [6, 6.07) is 9.49. The Hall–Kier alpha value is -2.68. The highest BCUT2D eigenvalue weighted by Crippen LogP contribution is 2.29. The average Bonchev–Trinajstić information content (AvgIpc) is 3.22. The van der Waals surface area contributed by atoms with Gasteiger partial charge in [-0.15, -0.1) is 11.3 Å². The number of rotatable bonds is 9. The van der Waals surface area contributed by atoms with Crippen molar-refractivity contribution < 1.29 is 9.84 Å². The zero-order valence-corrected chi connectivity index (χ0v) is 20.0. The van der Waals surface area contributed by atoms with E-state index in [0.717, 1.165) is 39.1 Å².